The van der Waals surface area contributed by atoms with Gasteiger partial charge in [0.2, 0.25) is 0 Å². The van der Waals surface area contributed by atoms with E-state index < -0.39 is 0 Å². The van der Waals surface area contributed by atoms with Gasteiger partial charge in [-0.05, 0) is 38.4 Å². The van der Waals surface area contributed by atoms with E-state index in [4.69, 9.17) is 5.73 Å². The summed E-state index contributed by atoms with van der Waals surface area (Å²) >= 11 is 0. The number of aromatic nitrogens is 2. The maximum absolute atomic E-state index is 13.1. The molecule has 148 valence electrons. The van der Waals surface area contributed by atoms with Gasteiger partial charge in [0.25, 0.3) is 11.5 Å². The molecule has 1 amide bonds. The smallest absolute Gasteiger partial charge is 0.259 e. The van der Waals surface area contributed by atoms with E-state index in [1.54, 1.807) is 11.9 Å². The molecule has 1 aromatic heterocycles. The van der Waals surface area contributed by atoms with Gasteiger partial charge < -0.3 is 20.9 Å². The zero-order valence-corrected chi connectivity index (χ0v) is 16.3. The molecule has 1 fully saturated rings. The highest BCUT2D eigenvalue weighted by atomic mass is 16.2. The quantitative estimate of drug-likeness (QED) is 0.685. The summed E-state index contributed by atoms with van der Waals surface area (Å²) in [5.41, 5.74) is 7.43. The van der Waals surface area contributed by atoms with E-state index >= 15 is 0 Å². The fraction of sp³-hybridized carbons (Fsp3) is 0.381. The fourth-order valence-corrected chi connectivity index (χ4v) is 3.50. The molecular formula is C21H27N5O2. The third kappa shape index (κ3) is 4.31. The average molecular weight is 381 g/mol. The number of hydrogen-bond acceptors (Lipinski definition) is 5. The Morgan fingerprint density at radius 2 is 1.96 bits per heavy atom. The van der Waals surface area contributed by atoms with Crippen molar-refractivity contribution in [3.8, 4) is 0 Å². The number of rotatable bonds is 5. The molecule has 1 atom stereocenters. The van der Waals surface area contributed by atoms with Crippen LogP contribution in [0.25, 0.3) is 5.57 Å². The Balaban J connectivity index is 1.87. The number of aromatic amines is 1. The molecule has 2 aromatic rings. The molecule has 2 heterocycles. The summed E-state index contributed by atoms with van der Waals surface area (Å²) in [4.78, 5) is 34.2. The molecule has 0 spiro atoms. The number of nitrogens with zero attached hydrogens (tertiary/aromatic N) is 2. The molecule has 28 heavy (non-hydrogen) atoms. The maximum Gasteiger partial charge on any atom is 0.259 e. The van der Waals surface area contributed by atoms with Crippen molar-refractivity contribution in [2.24, 2.45) is 5.73 Å². The molecular weight excluding hydrogens is 354 g/mol. The topological polar surface area (TPSA) is 104 Å². The fourth-order valence-electron chi connectivity index (χ4n) is 3.50. The Morgan fingerprint density at radius 3 is 2.61 bits per heavy atom. The minimum atomic E-state index is -0.288. The van der Waals surface area contributed by atoms with Gasteiger partial charge in [0.1, 0.15) is 5.82 Å². The van der Waals surface area contributed by atoms with Gasteiger partial charge in [-0.3, -0.25) is 9.59 Å². The van der Waals surface area contributed by atoms with Crippen molar-refractivity contribution >= 4 is 11.5 Å². The Hall–Kier alpha value is -2.93. The highest BCUT2D eigenvalue weighted by molar-refractivity contribution is 6.18. The summed E-state index contributed by atoms with van der Waals surface area (Å²) in [5.74, 6) is 0.141. The van der Waals surface area contributed by atoms with Gasteiger partial charge in [-0.15, -0.1) is 0 Å². The van der Waals surface area contributed by atoms with E-state index in [-0.39, 0.29) is 34.8 Å². The molecule has 4 N–H and O–H groups in total. The van der Waals surface area contributed by atoms with Gasteiger partial charge in [0, 0.05) is 25.2 Å². The third-order valence-electron chi connectivity index (χ3n) is 5.35. The number of nitrogens with two attached hydrogens (primary N) is 1. The number of amides is 1. The summed E-state index contributed by atoms with van der Waals surface area (Å²) in [6.45, 7) is 3.73. The lowest BCUT2D eigenvalue weighted by molar-refractivity contribution is -0.125. The SMILES string of the molecule is CC(c1ccccc1)N(C)C(=O)C(=CN)c1nc(C2CCNCC2)cc(=O)[nH]1. The van der Waals surface area contributed by atoms with E-state index in [1.807, 2.05) is 37.3 Å². The average Bonchev–Trinajstić information content (AvgIpc) is 2.74. The number of hydrogen-bond donors (Lipinski definition) is 3. The van der Waals surface area contributed by atoms with Gasteiger partial charge in [0.15, 0.2) is 0 Å². The number of carbonyl (C=O) groups excluding carboxylic acids is 1. The predicted octanol–water partition coefficient (Wildman–Crippen LogP) is 1.76. The lowest BCUT2D eigenvalue weighted by Gasteiger charge is -2.26. The normalized spacial score (nSPS) is 16.6. The summed E-state index contributed by atoms with van der Waals surface area (Å²) in [6.07, 6.45) is 3.05. The zero-order chi connectivity index (χ0) is 20.1. The molecule has 1 saturated heterocycles. The second kappa shape index (κ2) is 8.84. The first-order valence-electron chi connectivity index (χ1n) is 9.57. The number of nitrogens with one attached hydrogen (secondary N) is 2. The first-order chi connectivity index (χ1) is 13.5. The van der Waals surface area contributed by atoms with E-state index in [0.29, 0.717) is 5.69 Å². The van der Waals surface area contributed by atoms with Crippen LogP contribution in [0, 0.1) is 0 Å². The Labute approximate surface area is 164 Å². The van der Waals surface area contributed by atoms with Crippen LogP contribution in [0.3, 0.4) is 0 Å². The van der Waals surface area contributed by atoms with Crippen molar-refractivity contribution in [1.82, 2.24) is 20.2 Å². The molecule has 3 rings (SSSR count). The largest absolute Gasteiger partial charge is 0.404 e. The first kappa shape index (κ1) is 19.8. The van der Waals surface area contributed by atoms with Gasteiger partial charge >= 0.3 is 0 Å². The molecule has 1 aromatic carbocycles. The number of piperidine rings is 1. The number of likely N-dealkylation sites (N-methyl/N-ethyl adjacent to an activating group) is 1. The van der Waals surface area contributed by atoms with Crippen molar-refractivity contribution in [3.05, 3.63) is 70.0 Å². The monoisotopic (exact) mass is 381 g/mol. The van der Waals surface area contributed by atoms with Gasteiger partial charge in [-0.25, -0.2) is 4.98 Å². The van der Waals surface area contributed by atoms with Crippen LogP contribution in [0.1, 0.15) is 48.8 Å². The van der Waals surface area contributed by atoms with Crippen molar-refractivity contribution in [3.63, 3.8) is 0 Å². The standard InChI is InChI=1S/C21H27N5O2/c1-14(15-6-4-3-5-7-15)26(2)21(28)17(13-22)20-24-18(12-19(27)25-20)16-8-10-23-11-9-16/h3-7,12-14,16,23H,8-11,22H2,1-2H3,(H,24,25,27). The lowest BCUT2D eigenvalue weighted by atomic mass is 9.94. The van der Waals surface area contributed by atoms with Gasteiger partial charge in [0.05, 0.1) is 17.3 Å². The molecule has 0 bridgehead atoms. The van der Waals surface area contributed by atoms with E-state index in [2.05, 4.69) is 15.3 Å². The summed E-state index contributed by atoms with van der Waals surface area (Å²) in [6, 6.07) is 11.1. The van der Waals surface area contributed by atoms with Crippen molar-refractivity contribution < 1.29 is 4.79 Å². The number of H-pyrrole nitrogens is 1. The summed E-state index contributed by atoms with van der Waals surface area (Å²) in [5, 5.41) is 3.30. The molecule has 0 saturated carbocycles. The van der Waals surface area contributed by atoms with Crippen LogP contribution < -0.4 is 16.6 Å². The molecule has 1 aliphatic heterocycles. The number of carbonyl (C=O) groups is 1. The molecule has 7 heteroatoms. The molecule has 0 aliphatic carbocycles. The minimum Gasteiger partial charge on any atom is -0.404 e. The van der Waals surface area contributed by atoms with Crippen LogP contribution in [-0.2, 0) is 4.79 Å². The molecule has 1 aliphatic rings. The Kier molecular flexibility index (Phi) is 6.26. The van der Waals surface area contributed by atoms with Crippen LogP contribution in [0.15, 0.2) is 47.4 Å². The Morgan fingerprint density at radius 1 is 1.29 bits per heavy atom. The highest BCUT2D eigenvalue weighted by Crippen LogP contribution is 2.25. The summed E-state index contributed by atoms with van der Waals surface area (Å²) in [7, 11) is 1.72. The van der Waals surface area contributed by atoms with Crippen LogP contribution in [-0.4, -0.2) is 40.9 Å². The number of benzene rings is 1. The lowest BCUT2D eigenvalue weighted by Crippen LogP contribution is -2.32. The van der Waals surface area contributed by atoms with Crippen molar-refractivity contribution in [2.45, 2.75) is 31.7 Å². The van der Waals surface area contributed by atoms with E-state index in [1.165, 1.54) is 12.3 Å². The van der Waals surface area contributed by atoms with Crippen LogP contribution >= 0.6 is 0 Å². The second-order valence-corrected chi connectivity index (χ2v) is 7.13. The van der Waals surface area contributed by atoms with Crippen LogP contribution in [0.5, 0.6) is 0 Å². The van der Waals surface area contributed by atoms with E-state index in [9.17, 15) is 9.59 Å². The summed E-state index contributed by atoms with van der Waals surface area (Å²) < 4.78 is 0. The maximum atomic E-state index is 13.1. The van der Waals surface area contributed by atoms with Crippen molar-refractivity contribution in [2.75, 3.05) is 20.1 Å². The van der Waals surface area contributed by atoms with E-state index in [0.717, 1.165) is 31.5 Å². The van der Waals surface area contributed by atoms with Crippen LogP contribution in [0.2, 0.25) is 0 Å². The third-order valence-corrected chi connectivity index (χ3v) is 5.35. The zero-order valence-electron chi connectivity index (χ0n) is 16.3. The molecule has 7 nitrogen and oxygen atoms in total. The van der Waals surface area contributed by atoms with Gasteiger partial charge in [-0.2, -0.15) is 0 Å². The molecule has 0 radical (unpaired) electrons. The van der Waals surface area contributed by atoms with Crippen LogP contribution in [0.4, 0.5) is 0 Å². The molecule has 1 unspecified atom stereocenters. The van der Waals surface area contributed by atoms with Gasteiger partial charge in [-0.1, -0.05) is 30.3 Å². The highest BCUT2D eigenvalue weighted by Gasteiger charge is 2.25. The second-order valence-electron chi connectivity index (χ2n) is 7.13. The Bertz CT molecular complexity index is 901. The minimum absolute atomic E-state index is 0.150. The van der Waals surface area contributed by atoms with Crippen molar-refractivity contribution in [1.29, 1.82) is 0 Å². The predicted molar refractivity (Wildman–Crippen MR) is 109 cm³/mol. The first-order valence-corrected chi connectivity index (χ1v) is 9.57.